The van der Waals surface area contributed by atoms with Crippen molar-refractivity contribution in [2.45, 2.75) is 4.90 Å². The Balaban J connectivity index is 1.53. The maximum Gasteiger partial charge on any atom is 0.243 e. The van der Waals surface area contributed by atoms with Crippen molar-refractivity contribution in [3.63, 3.8) is 0 Å². The van der Waals surface area contributed by atoms with Crippen LogP contribution in [0.5, 0.6) is 0 Å². The molecule has 27 heavy (non-hydrogen) atoms. The minimum Gasteiger partial charge on any atom is -0.310 e. The molecule has 1 aromatic carbocycles. The summed E-state index contributed by atoms with van der Waals surface area (Å²) in [6.07, 6.45) is 1.59. The highest BCUT2D eigenvalue weighted by atomic mass is 79.9. The molecule has 0 radical (unpaired) electrons. The second kappa shape index (κ2) is 8.42. The van der Waals surface area contributed by atoms with Crippen molar-refractivity contribution < 1.29 is 17.6 Å². The summed E-state index contributed by atoms with van der Waals surface area (Å²) in [5.74, 6) is -0.231. The van der Waals surface area contributed by atoms with Gasteiger partial charge in [0.15, 0.2) is 0 Å². The number of carbonyl (C=O) groups is 1. The van der Waals surface area contributed by atoms with Crippen LogP contribution >= 0.6 is 15.9 Å². The number of nitrogens with one attached hydrogen (secondary N) is 1. The van der Waals surface area contributed by atoms with Crippen LogP contribution in [0.15, 0.2) is 52.0 Å². The molecule has 1 saturated heterocycles. The molecule has 1 aliphatic heterocycles. The van der Waals surface area contributed by atoms with E-state index in [0.717, 1.165) is 16.6 Å². The molecule has 0 saturated carbocycles. The van der Waals surface area contributed by atoms with E-state index < -0.39 is 15.8 Å². The fourth-order valence-electron chi connectivity index (χ4n) is 2.72. The molecular formula is C17H18BrFN4O3S. The first-order valence-electron chi connectivity index (χ1n) is 8.24. The summed E-state index contributed by atoms with van der Waals surface area (Å²) >= 11 is 3.28. The van der Waals surface area contributed by atoms with Crippen molar-refractivity contribution in [3.8, 4) is 0 Å². The molecule has 144 valence electrons. The zero-order valence-electron chi connectivity index (χ0n) is 14.3. The predicted molar refractivity (Wildman–Crippen MR) is 102 cm³/mol. The van der Waals surface area contributed by atoms with Gasteiger partial charge in [-0.15, -0.1) is 0 Å². The Morgan fingerprint density at radius 3 is 2.37 bits per heavy atom. The first kappa shape index (κ1) is 19.9. The highest BCUT2D eigenvalue weighted by Gasteiger charge is 2.29. The third-order valence-corrected chi connectivity index (χ3v) is 6.53. The van der Waals surface area contributed by atoms with Crippen LogP contribution in [0.25, 0.3) is 0 Å². The monoisotopic (exact) mass is 456 g/mol. The van der Waals surface area contributed by atoms with Crippen molar-refractivity contribution in [2.24, 2.45) is 0 Å². The number of rotatable bonds is 5. The molecule has 10 heteroatoms. The molecule has 2 aromatic rings. The van der Waals surface area contributed by atoms with Crippen LogP contribution in [0.4, 0.5) is 10.2 Å². The van der Waals surface area contributed by atoms with Crippen LogP contribution in [-0.2, 0) is 14.8 Å². The van der Waals surface area contributed by atoms with Gasteiger partial charge in [0, 0.05) is 36.8 Å². The number of hydrogen-bond acceptors (Lipinski definition) is 5. The molecule has 1 aliphatic rings. The lowest BCUT2D eigenvalue weighted by atomic mass is 10.3. The summed E-state index contributed by atoms with van der Waals surface area (Å²) in [5, 5.41) is 2.71. The predicted octanol–water partition coefficient (Wildman–Crippen LogP) is 1.93. The Bertz CT molecular complexity index is 899. The Morgan fingerprint density at radius 1 is 1.11 bits per heavy atom. The number of piperazine rings is 1. The van der Waals surface area contributed by atoms with Crippen molar-refractivity contribution >= 4 is 37.7 Å². The van der Waals surface area contributed by atoms with E-state index in [0.29, 0.717) is 18.9 Å². The highest BCUT2D eigenvalue weighted by molar-refractivity contribution is 9.10. The molecular weight excluding hydrogens is 439 g/mol. The lowest BCUT2D eigenvalue weighted by molar-refractivity contribution is -0.117. The summed E-state index contributed by atoms with van der Waals surface area (Å²) in [6.45, 7) is 1.55. The smallest absolute Gasteiger partial charge is 0.243 e. The summed E-state index contributed by atoms with van der Waals surface area (Å²) in [7, 11) is -3.66. The van der Waals surface area contributed by atoms with Gasteiger partial charge < -0.3 is 5.32 Å². The van der Waals surface area contributed by atoms with E-state index in [1.165, 1.54) is 16.4 Å². The number of anilines is 1. The number of benzene rings is 1. The first-order valence-corrected chi connectivity index (χ1v) is 10.5. The fraction of sp³-hybridized carbons (Fsp3) is 0.294. The van der Waals surface area contributed by atoms with Crippen LogP contribution in [0.3, 0.4) is 0 Å². The molecule has 1 aromatic heterocycles. The number of sulfonamides is 1. The second-order valence-electron chi connectivity index (χ2n) is 6.04. The maximum atomic E-state index is 13.0. The van der Waals surface area contributed by atoms with Gasteiger partial charge in [-0.1, -0.05) is 0 Å². The standard InChI is InChI=1S/C17H18BrFN4O3S/c18-13-1-6-16(20-11-13)21-17(24)12-22-7-9-23(10-8-22)27(25,26)15-4-2-14(19)3-5-15/h1-6,11H,7-10,12H2,(H,20,21,24). The van der Waals surface area contributed by atoms with Gasteiger partial charge >= 0.3 is 0 Å². The van der Waals surface area contributed by atoms with Crippen LogP contribution in [0, 0.1) is 5.82 Å². The van der Waals surface area contributed by atoms with Gasteiger partial charge in [0.2, 0.25) is 15.9 Å². The van der Waals surface area contributed by atoms with Crippen molar-refractivity contribution in [2.75, 3.05) is 38.0 Å². The van der Waals surface area contributed by atoms with E-state index in [4.69, 9.17) is 0 Å². The molecule has 0 aliphatic carbocycles. The molecule has 2 heterocycles. The van der Waals surface area contributed by atoms with Crippen molar-refractivity contribution in [3.05, 3.63) is 52.9 Å². The topological polar surface area (TPSA) is 82.6 Å². The molecule has 0 bridgehead atoms. The van der Waals surface area contributed by atoms with Gasteiger partial charge in [-0.3, -0.25) is 9.69 Å². The van der Waals surface area contributed by atoms with Crippen LogP contribution in [0.2, 0.25) is 0 Å². The molecule has 7 nitrogen and oxygen atoms in total. The number of amides is 1. The van der Waals surface area contributed by atoms with E-state index in [1.807, 2.05) is 4.90 Å². The average Bonchev–Trinajstić information content (AvgIpc) is 2.64. The lowest BCUT2D eigenvalue weighted by Crippen LogP contribution is -2.50. The van der Waals surface area contributed by atoms with Gasteiger partial charge in [-0.25, -0.2) is 17.8 Å². The quantitative estimate of drug-likeness (QED) is 0.742. The molecule has 3 rings (SSSR count). The van der Waals surface area contributed by atoms with Gasteiger partial charge in [0.25, 0.3) is 0 Å². The van der Waals surface area contributed by atoms with E-state index in [1.54, 1.807) is 18.3 Å². The van der Waals surface area contributed by atoms with Gasteiger partial charge in [-0.05, 0) is 52.3 Å². The molecule has 1 fully saturated rings. The van der Waals surface area contributed by atoms with Crippen molar-refractivity contribution in [1.82, 2.24) is 14.2 Å². The number of hydrogen-bond donors (Lipinski definition) is 1. The zero-order valence-corrected chi connectivity index (χ0v) is 16.7. The Kier molecular flexibility index (Phi) is 6.20. The van der Waals surface area contributed by atoms with E-state index in [-0.39, 0.29) is 30.4 Å². The Morgan fingerprint density at radius 2 is 1.78 bits per heavy atom. The third kappa shape index (κ3) is 5.10. The summed E-state index contributed by atoms with van der Waals surface area (Å²) < 4.78 is 40.4. The van der Waals surface area contributed by atoms with Gasteiger partial charge in [0.05, 0.1) is 11.4 Å². The SMILES string of the molecule is O=C(CN1CCN(S(=O)(=O)c2ccc(F)cc2)CC1)Nc1ccc(Br)cn1. The lowest BCUT2D eigenvalue weighted by Gasteiger charge is -2.33. The largest absolute Gasteiger partial charge is 0.310 e. The molecule has 0 atom stereocenters. The molecule has 1 amide bonds. The zero-order chi connectivity index (χ0) is 19.4. The number of pyridine rings is 1. The number of nitrogens with zero attached hydrogens (tertiary/aromatic N) is 3. The van der Waals surface area contributed by atoms with Gasteiger partial charge in [-0.2, -0.15) is 4.31 Å². The van der Waals surface area contributed by atoms with E-state index in [2.05, 4.69) is 26.2 Å². The van der Waals surface area contributed by atoms with E-state index >= 15 is 0 Å². The fourth-order valence-corrected chi connectivity index (χ4v) is 4.38. The highest BCUT2D eigenvalue weighted by Crippen LogP contribution is 2.18. The van der Waals surface area contributed by atoms with Crippen LogP contribution in [0.1, 0.15) is 0 Å². The van der Waals surface area contributed by atoms with Crippen LogP contribution in [-0.4, -0.2) is 61.2 Å². The first-order chi connectivity index (χ1) is 12.8. The Hall–Kier alpha value is -1.88. The molecule has 0 unspecified atom stereocenters. The summed E-state index contributed by atoms with van der Waals surface area (Å²) in [4.78, 5) is 18.2. The normalized spacial score (nSPS) is 16.2. The average molecular weight is 457 g/mol. The molecule has 0 spiro atoms. The van der Waals surface area contributed by atoms with Gasteiger partial charge in [0.1, 0.15) is 11.6 Å². The minimum atomic E-state index is -3.66. The third-order valence-electron chi connectivity index (χ3n) is 4.14. The summed E-state index contributed by atoms with van der Waals surface area (Å²) in [5.41, 5.74) is 0. The number of halogens is 2. The number of carbonyl (C=O) groups excluding carboxylic acids is 1. The van der Waals surface area contributed by atoms with Crippen LogP contribution < -0.4 is 5.32 Å². The Labute approximate surface area is 165 Å². The summed E-state index contributed by atoms with van der Waals surface area (Å²) in [6, 6.07) is 8.25. The van der Waals surface area contributed by atoms with E-state index in [9.17, 15) is 17.6 Å². The minimum absolute atomic E-state index is 0.0661. The second-order valence-corrected chi connectivity index (χ2v) is 8.90. The van der Waals surface area contributed by atoms with Crippen molar-refractivity contribution in [1.29, 1.82) is 0 Å². The maximum absolute atomic E-state index is 13.0. The number of aromatic nitrogens is 1. The molecule has 1 N–H and O–H groups in total.